The number of methoxy groups -OCH3 is 1. The molecule has 0 aliphatic carbocycles. The van der Waals surface area contributed by atoms with Crippen molar-refractivity contribution in [3.05, 3.63) is 59.4 Å². The third-order valence-corrected chi connectivity index (χ3v) is 5.91. The van der Waals surface area contributed by atoms with E-state index in [-0.39, 0.29) is 55.8 Å². The van der Waals surface area contributed by atoms with Gasteiger partial charge >= 0.3 is 0 Å². The lowest BCUT2D eigenvalue weighted by atomic mass is 9.84. The normalized spacial score (nSPS) is 23.2. The SMILES string of the molecule is COCC(=O)Nc1ccc2c(c1)[C@@H]1C[C@@H](CC(=O)NCc3ccccc3F)O[C@@H](CO)[C@@H]1O2. The largest absolute Gasteiger partial charge is 0.487 e. The minimum Gasteiger partial charge on any atom is -0.487 e. The van der Waals surface area contributed by atoms with Crippen LogP contribution < -0.4 is 15.4 Å². The van der Waals surface area contributed by atoms with Crippen LogP contribution in [0.15, 0.2) is 42.5 Å². The molecule has 2 aromatic carbocycles. The number of anilines is 1. The monoisotopic (exact) mass is 458 g/mol. The average molecular weight is 458 g/mol. The highest BCUT2D eigenvalue weighted by Gasteiger charge is 2.46. The molecular formula is C24H27FN2O6. The fraction of sp³-hybridized carbons (Fsp3) is 0.417. The Bertz CT molecular complexity index is 1020. The summed E-state index contributed by atoms with van der Waals surface area (Å²) in [7, 11) is 1.45. The van der Waals surface area contributed by atoms with Crippen molar-refractivity contribution in [1.29, 1.82) is 0 Å². The van der Waals surface area contributed by atoms with Crippen LogP contribution in [0.25, 0.3) is 0 Å². The maximum atomic E-state index is 13.8. The van der Waals surface area contributed by atoms with Crippen LogP contribution in [0.3, 0.4) is 0 Å². The minimum atomic E-state index is -0.591. The Morgan fingerprint density at radius 3 is 2.79 bits per heavy atom. The molecule has 4 rings (SSSR count). The van der Waals surface area contributed by atoms with Gasteiger partial charge in [-0.1, -0.05) is 18.2 Å². The number of rotatable bonds is 8. The summed E-state index contributed by atoms with van der Waals surface area (Å²) >= 11 is 0. The summed E-state index contributed by atoms with van der Waals surface area (Å²) in [4.78, 5) is 24.4. The van der Waals surface area contributed by atoms with Crippen LogP contribution in [0.2, 0.25) is 0 Å². The molecule has 2 amide bonds. The standard InChI is InChI=1S/C24H27FN2O6/c1-31-13-23(30)27-15-6-7-20-17(8-15)18-9-16(32-21(12-28)24(18)33-20)10-22(29)26-11-14-4-2-3-5-19(14)25/h2-8,16,18,21,24,28H,9-13H2,1H3,(H,26,29)(H,27,30)/t16-,18-,21-,24+/m0/s1. The summed E-state index contributed by atoms with van der Waals surface area (Å²) in [5, 5.41) is 15.4. The molecule has 33 heavy (non-hydrogen) atoms. The summed E-state index contributed by atoms with van der Waals surface area (Å²) in [6, 6.07) is 11.6. The number of fused-ring (bicyclic) bond motifs is 3. The van der Waals surface area contributed by atoms with Crippen molar-refractivity contribution in [2.24, 2.45) is 0 Å². The van der Waals surface area contributed by atoms with Gasteiger partial charge in [0.1, 0.15) is 30.4 Å². The van der Waals surface area contributed by atoms with Crippen molar-refractivity contribution < 1.29 is 33.3 Å². The summed E-state index contributed by atoms with van der Waals surface area (Å²) in [5.41, 5.74) is 1.92. The quantitative estimate of drug-likeness (QED) is 0.560. The molecule has 1 saturated heterocycles. The van der Waals surface area contributed by atoms with Gasteiger partial charge in [0.2, 0.25) is 11.8 Å². The zero-order valence-corrected chi connectivity index (χ0v) is 18.3. The van der Waals surface area contributed by atoms with E-state index in [0.717, 1.165) is 5.56 Å². The molecular weight excluding hydrogens is 431 g/mol. The van der Waals surface area contributed by atoms with Crippen molar-refractivity contribution >= 4 is 17.5 Å². The number of aliphatic hydroxyl groups excluding tert-OH is 1. The summed E-state index contributed by atoms with van der Waals surface area (Å²) in [6.45, 7) is -0.214. The highest BCUT2D eigenvalue weighted by atomic mass is 19.1. The third-order valence-electron chi connectivity index (χ3n) is 5.91. The van der Waals surface area contributed by atoms with E-state index in [1.165, 1.54) is 13.2 Å². The second kappa shape index (κ2) is 10.3. The van der Waals surface area contributed by atoms with E-state index in [9.17, 15) is 19.1 Å². The molecule has 0 aromatic heterocycles. The summed E-state index contributed by atoms with van der Waals surface area (Å²) in [5.74, 6) is -0.338. The van der Waals surface area contributed by atoms with Gasteiger partial charge in [0.15, 0.2) is 0 Å². The zero-order valence-electron chi connectivity index (χ0n) is 18.3. The highest BCUT2D eigenvalue weighted by Crippen LogP contribution is 2.47. The second-order valence-corrected chi connectivity index (χ2v) is 8.21. The van der Waals surface area contributed by atoms with Gasteiger partial charge in [0.25, 0.3) is 0 Å². The average Bonchev–Trinajstić information content (AvgIpc) is 3.16. The number of benzene rings is 2. The van der Waals surface area contributed by atoms with E-state index in [0.29, 0.717) is 23.4 Å². The minimum absolute atomic E-state index is 0.0515. The van der Waals surface area contributed by atoms with Gasteiger partial charge in [-0.2, -0.15) is 0 Å². The van der Waals surface area contributed by atoms with Crippen LogP contribution in [-0.4, -0.2) is 55.6 Å². The van der Waals surface area contributed by atoms with Gasteiger partial charge in [-0.15, -0.1) is 0 Å². The Labute approximate surface area is 191 Å². The topological polar surface area (TPSA) is 106 Å². The Hall–Kier alpha value is -3.01. The van der Waals surface area contributed by atoms with Crippen LogP contribution >= 0.6 is 0 Å². The van der Waals surface area contributed by atoms with Crippen LogP contribution in [0, 0.1) is 5.82 Å². The Balaban J connectivity index is 1.42. The molecule has 8 nitrogen and oxygen atoms in total. The molecule has 2 aliphatic rings. The first-order valence-electron chi connectivity index (χ1n) is 10.8. The van der Waals surface area contributed by atoms with Crippen LogP contribution in [0.5, 0.6) is 5.75 Å². The lowest BCUT2D eigenvalue weighted by molar-refractivity contribution is -0.142. The molecule has 1 fully saturated rings. The molecule has 2 aliphatic heterocycles. The van der Waals surface area contributed by atoms with Gasteiger partial charge in [-0.3, -0.25) is 9.59 Å². The number of hydrogen-bond donors (Lipinski definition) is 3. The molecule has 9 heteroatoms. The predicted molar refractivity (Wildman–Crippen MR) is 117 cm³/mol. The number of hydrogen-bond acceptors (Lipinski definition) is 6. The molecule has 0 radical (unpaired) electrons. The van der Waals surface area contributed by atoms with E-state index in [1.54, 1.807) is 30.3 Å². The second-order valence-electron chi connectivity index (χ2n) is 8.21. The van der Waals surface area contributed by atoms with E-state index >= 15 is 0 Å². The maximum Gasteiger partial charge on any atom is 0.250 e. The molecule has 176 valence electrons. The van der Waals surface area contributed by atoms with Crippen molar-refractivity contribution in [2.45, 2.75) is 43.6 Å². The van der Waals surface area contributed by atoms with E-state index in [1.807, 2.05) is 6.07 Å². The lowest BCUT2D eigenvalue weighted by Crippen LogP contribution is -2.47. The summed E-state index contributed by atoms with van der Waals surface area (Å²) in [6.07, 6.45) is -0.824. The van der Waals surface area contributed by atoms with Gasteiger partial charge < -0.3 is 30.0 Å². The smallest absolute Gasteiger partial charge is 0.250 e. The zero-order chi connectivity index (χ0) is 23.4. The first-order valence-corrected chi connectivity index (χ1v) is 10.8. The Kier molecular flexibility index (Phi) is 7.22. The van der Waals surface area contributed by atoms with Gasteiger partial charge in [0, 0.05) is 36.4 Å². The fourth-order valence-electron chi connectivity index (χ4n) is 4.41. The molecule has 0 unspecified atom stereocenters. The molecule has 0 bridgehead atoms. The molecule has 2 heterocycles. The molecule has 0 spiro atoms. The Morgan fingerprint density at radius 2 is 2.03 bits per heavy atom. The van der Waals surface area contributed by atoms with Gasteiger partial charge in [-0.25, -0.2) is 4.39 Å². The van der Waals surface area contributed by atoms with Gasteiger partial charge in [-0.05, 0) is 30.7 Å². The number of nitrogens with one attached hydrogen (secondary N) is 2. The Morgan fingerprint density at radius 1 is 1.21 bits per heavy atom. The van der Waals surface area contributed by atoms with Crippen LogP contribution in [0.4, 0.5) is 10.1 Å². The van der Waals surface area contributed by atoms with E-state index < -0.39 is 12.2 Å². The number of carbonyl (C=O) groups is 2. The fourth-order valence-corrected chi connectivity index (χ4v) is 4.41. The number of ether oxygens (including phenoxy) is 3. The van der Waals surface area contributed by atoms with Gasteiger partial charge in [0.05, 0.1) is 19.1 Å². The van der Waals surface area contributed by atoms with Crippen LogP contribution in [0.1, 0.15) is 29.9 Å². The van der Waals surface area contributed by atoms with E-state index in [4.69, 9.17) is 14.2 Å². The van der Waals surface area contributed by atoms with Crippen molar-refractivity contribution in [3.8, 4) is 5.75 Å². The van der Waals surface area contributed by atoms with Crippen molar-refractivity contribution in [2.75, 3.05) is 25.6 Å². The molecule has 0 saturated carbocycles. The van der Waals surface area contributed by atoms with Crippen molar-refractivity contribution in [3.63, 3.8) is 0 Å². The first kappa shape index (κ1) is 23.2. The van der Waals surface area contributed by atoms with Crippen molar-refractivity contribution in [1.82, 2.24) is 5.32 Å². The first-order chi connectivity index (χ1) is 16.0. The number of aliphatic hydroxyl groups is 1. The molecule has 4 atom stereocenters. The predicted octanol–water partition coefficient (Wildman–Crippen LogP) is 2.11. The number of halogens is 1. The number of carbonyl (C=O) groups excluding carboxylic acids is 2. The maximum absolute atomic E-state index is 13.8. The third kappa shape index (κ3) is 5.32. The van der Waals surface area contributed by atoms with E-state index in [2.05, 4.69) is 10.6 Å². The van der Waals surface area contributed by atoms with Crippen LogP contribution in [-0.2, 0) is 25.6 Å². The molecule has 3 N–H and O–H groups in total. The molecule has 2 aromatic rings. The lowest BCUT2D eigenvalue weighted by Gasteiger charge is -2.37. The number of amides is 2. The highest BCUT2D eigenvalue weighted by molar-refractivity contribution is 5.92. The summed E-state index contributed by atoms with van der Waals surface area (Å²) < 4.78 is 30.6.